The van der Waals surface area contributed by atoms with Crippen LogP contribution in [0.1, 0.15) is 10.6 Å². The highest BCUT2D eigenvalue weighted by molar-refractivity contribution is 7.15. The lowest BCUT2D eigenvalue weighted by atomic mass is 10.2. The van der Waals surface area contributed by atoms with Gasteiger partial charge >= 0.3 is 0 Å². The number of nitrogens with one attached hydrogen (secondary N) is 1. The number of benzene rings is 1. The SMILES string of the molecule is C=CCNc1nnc(Cc2ccccc2)s1. The maximum Gasteiger partial charge on any atom is 0.205 e. The van der Waals surface area contributed by atoms with Gasteiger partial charge in [0.05, 0.1) is 0 Å². The molecule has 16 heavy (non-hydrogen) atoms. The number of nitrogens with zero attached hydrogens (tertiary/aromatic N) is 2. The van der Waals surface area contributed by atoms with E-state index in [4.69, 9.17) is 0 Å². The van der Waals surface area contributed by atoms with E-state index < -0.39 is 0 Å². The first-order valence-electron chi connectivity index (χ1n) is 5.09. The van der Waals surface area contributed by atoms with Crippen molar-refractivity contribution in [3.8, 4) is 0 Å². The summed E-state index contributed by atoms with van der Waals surface area (Å²) in [5.41, 5.74) is 1.26. The molecule has 0 aliphatic rings. The van der Waals surface area contributed by atoms with E-state index in [9.17, 15) is 0 Å². The van der Waals surface area contributed by atoms with Crippen LogP contribution in [0.4, 0.5) is 5.13 Å². The minimum absolute atomic E-state index is 0.722. The fourth-order valence-electron chi connectivity index (χ4n) is 1.33. The van der Waals surface area contributed by atoms with Crippen molar-refractivity contribution in [2.45, 2.75) is 6.42 Å². The first kappa shape index (κ1) is 10.8. The van der Waals surface area contributed by atoms with Crippen LogP contribution in [0.15, 0.2) is 43.0 Å². The van der Waals surface area contributed by atoms with Crippen LogP contribution in [0.3, 0.4) is 0 Å². The van der Waals surface area contributed by atoms with E-state index >= 15 is 0 Å². The van der Waals surface area contributed by atoms with Gasteiger partial charge in [0.1, 0.15) is 5.01 Å². The van der Waals surface area contributed by atoms with E-state index in [-0.39, 0.29) is 0 Å². The lowest BCUT2D eigenvalue weighted by Gasteiger charge is -1.95. The molecule has 1 aromatic carbocycles. The van der Waals surface area contributed by atoms with Crippen LogP contribution in [-0.2, 0) is 6.42 Å². The van der Waals surface area contributed by atoms with Gasteiger partial charge in [0, 0.05) is 13.0 Å². The molecule has 2 aromatic rings. The molecule has 0 radical (unpaired) electrons. The molecule has 0 aliphatic heterocycles. The van der Waals surface area contributed by atoms with Gasteiger partial charge in [-0.3, -0.25) is 0 Å². The molecule has 0 fully saturated rings. The van der Waals surface area contributed by atoms with Crippen molar-refractivity contribution >= 4 is 16.5 Å². The topological polar surface area (TPSA) is 37.8 Å². The zero-order valence-corrected chi connectivity index (χ0v) is 9.70. The smallest absolute Gasteiger partial charge is 0.205 e. The Balaban J connectivity index is 2.00. The van der Waals surface area contributed by atoms with Crippen molar-refractivity contribution < 1.29 is 0 Å². The number of rotatable bonds is 5. The van der Waals surface area contributed by atoms with Crippen LogP contribution in [0, 0.1) is 0 Å². The molecule has 0 saturated heterocycles. The summed E-state index contributed by atoms with van der Waals surface area (Å²) in [4.78, 5) is 0. The largest absolute Gasteiger partial charge is 0.357 e. The molecule has 4 heteroatoms. The Morgan fingerprint density at radius 2 is 2.06 bits per heavy atom. The average molecular weight is 231 g/mol. The van der Waals surface area contributed by atoms with Gasteiger partial charge in [0.15, 0.2) is 0 Å². The zero-order chi connectivity index (χ0) is 11.2. The van der Waals surface area contributed by atoms with Gasteiger partial charge in [-0.15, -0.1) is 16.8 Å². The second kappa shape index (κ2) is 5.42. The Kier molecular flexibility index (Phi) is 3.66. The van der Waals surface area contributed by atoms with Gasteiger partial charge in [-0.25, -0.2) is 0 Å². The third-order valence-corrected chi connectivity index (χ3v) is 2.94. The van der Waals surface area contributed by atoms with Crippen molar-refractivity contribution in [2.24, 2.45) is 0 Å². The summed E-state index contributed by atoms with van der Waals surface area (Å²) in [5, 5.41) is 13.2. The van der Waals surface area contributed by atoms with Gasteiger partial charge in [0.2, 0.25) is 5.13 Å². The lowest BCUT2D eigenvalue weighted by Crippen LogP contribution is -1.96. The molecule has 0 aliphatic carbocycles. The molecule has 1 N–H and O–H groups in total. The molecule has 0 bridgehead atoms. The summed E-state index contributed by atoms with van der Waals surface area (Å²) in [6.45, 7) is 4.37. The molecular weight excluding hydrogens is 218 g/mol. The number of aromatic nitrogens is 2. The summed E-state index contributed by atoms with van der Waals surface area (Å²) >= 11 is 1.59. The monoisotopic (exact) mass is 231 g/mol. The Bertz CT molecular complexity index is 450. The van der Waals surface area contributed by atoms with E-state index in [1.807, 2.05) is 18.2 Å². The zero-order valence-electron chi connectivity index (χ0n) is 8.89. The molecule has 1 heterocycles. The Morgan fingerprint density at radius 1 is 1.25 bits per heavy atom. The van der Waals surface area contributed by atoms with Gasteiger partial charge in [-0.05, 0) is 5.56 Å². The van der Waals surface area contributed by atoms with E-state index in [2.05, 4.69) is 34.2 Å². The summed E-state index contributed by atoms with van der Waals surface area (Å²) in [7, 11) is 0. The van der Waals surface area contributed by atoms with Crippen molar-refractivity contribution in [1.82, 2.24) is 10.2 Å². The van der Waals surface area contributed by atoms with Crippen molar-refractivity contribution in [3.05, 3.63) is 53.6 Å². The standard InChI is InChI=1S/C12H13N3S/c1-2-8-13-12-15-14-11(16-12)9-10-6-4-3-5-7-10/h2-7H,1,8-9H2,(H,13,15). The predicted octanol–water partition coefficient (Wildman–Crippen LogP) is 2.73. The van der Waals surface area contributed by atoms with Gasteiger partial charge < -0.3 is 5.32 Å². The maximum atomic E-state index is 4.14. The van der Waals surface area contributed by atoms with Gasteiger partial charge in [0.25, 0.3) is 0 Å². The second-order valence-electron chi connectivity index (χ2n) is 3.33. The molecule has 82 valence electrons. The van der Waals surface area contributed by atoms with Crippen LogP contribution in [0.2, 0.25) is 0 Å². The predicted molar refractivity (Wildman–Crippen MR) is 67.8 cm³/mol. The number of anilines is 1. The number of hydrogen-bond donors (Lipinski definition) is 1. The average Bonchev–Trinajstić information content (AvgIpc) is 2.75. The highest BCUT2D eigenvalue weighted by atomic mass is 32.1. The van der Waals surface area contributed by atoms with Crippen LogP contribution in [-0.4, -0.2) is 16.7 Å². The first-order valence-corrected chi connectivity index (χ1v) is 5.91. The van der Waals surface area contributed by atoms with E-state index in [1.54, 1.807) is 17.4 Å². The van der Waals surface area contributed by atoms with Crippen LogP contribution < -0.4 is 5.32 Å². The highest BCUT2D eigenvalue weighted by Crippen LogP contribution is 2.17. The van der Waals surface area contributed by atoms with Gasteiger partial charge in [-0.1, -0.05) is 47.7 Å². The van der Waals surface area contributed by atoms with Crippen LogP contribution in [0.25, 0.3) is 0 Å². The van der Waals surface area contributed by atoms with E-state index in [0.717, 1.165) is 23.1 Å². The maximum absolute atomic E-state index is 4.14. The highest BCUT2D eigenvalue weighted by Gasteiger charge is 2.03. The second-order valence-corrected chi connectivity index (χ2v) is 4.39. The summed E-state index contributed by atoms with van der Waals surface area (Å²) in [6.07, 6.45) is 2.65. The molecule has 1 aromatic heterocycles. The Labute approximate surface area is 98.9 Å². The summed E-state index contributed by atoms with van der Waals surface area (Å²) < 4.78 is 0. The molecule has 0 unspecified atom stereocenters. The van der Waals surface area contributed by atoms with Gasteiger partial charge in [-0.2, -0.15) is 0 Å². The molecule has 0 amide bonds. The molecule has 3 nitrogen and oxygen atoms in total. The molecule has 2 rings (SSSR count). The van der Waals surface area contributed by atoms with Crippen LogP contribution in [0.5, 0.6) is 0 Å². The molecular formula is C12H13N3S. The Hall–Kier alpha value is -1.68. The van der Waals surface area contributed by atoms with E-state index in [0.29, 0.717) is 0 Å². The number of hydrogen-bond acceptors (Lipinski definition) is 4. The van der Waals surface area contributed by atoms with Crippen molar-refractivity contribution in [1.29, 1.82) is 0 Å². The first-order chi connectivity index (χ1) is 7.88. The molecule has 0 saturated carbocycles. The third kappa shape index (κ3) is 2.90. The third-order valence-electron chi connectivity index (χ3n) is 2.06. The fourth-order valence-corrected chi connectivity index (χ4v) is 2.11. The minimum atomic E-state index is 0.722. The molecule has 0 atom stereocenters. The normalized spacial score (nSPS) is 10.0. The van der Waals surface area contributed by atoms with Crippen LogP contribution >= 0.6 is 11.3 Å². The molecule has 0 spiro atoms. The lowest BCUT2D eigenvalue weighted by molar-refractivity contribution is 1.00. The van der Waals surface area contributed by atoms with Crippen molar-refractivity contribution in [3.63, 3.8) is 0 Å². The fraction of sp³-hybridized carbons (Fsp3) is 0.167. The minimum Gasteiger partial charge on any atom is -0.357 e. The van der Waals surface area contributed by atoms with Crippen molar-refractivity contribution in [2.75, 3.05) is 11.9 Å². The quantitative estimate of drug-likeness (QED) is 0.804. The van der Waals surface area contributed by atoms with E-state index in [1.165, 1.54) is 5.56 Å². The summed E-state index contributed by atoms with van der Waals surface area (Å²) in [5.74, 6) is 0. The Morgan fingerprint density at radius 3 is 2.81 bits per heavy atom. The summed E-state index contributed by atoms with van der Waals surface area (Å²) in [6, 6.07) is 10.3.